The van der Waals surface area contributed by atoms with E-state index in [0.29, 0.717) is 5.92 Å². The van der Waals surface area contributed by atoms with Gasteiger partial charge in [0.05, 0.1) is 11.1 Å². The average molecular weight is 272 g/mol. The summed E-state index contributed by atoms with van der Waals surface area (Å²) in [4.78, 5) is 11.0. The first-order valence-electron chi connectivity index (χ1n) is 7.20. The fourth-order valence-electron chi connectivity index (χ4n) is 1.38. The first-order valence-corrected chi connectivity index (χ1v) is 7.20. The van der Waals surface area contributed by atoms with Crippen LogP contribution >= 0.6 is 0 Å². The van der Waals surface area contributed by atoms with E-state index in [-0.39, 0.29) is 11.1 Å². The molecule has 0 aliphatic rings. The topological polar surface area (TPSA) is 43.2 Å². The van der Waals surface area contributed by atoms with Crippen molar-refractivity contribution in [2.24, 2.45) is 16.1 Å². The van der Waals surface area contributed by atoms with E-state index >= 15 is 0 Å². The molecule has 4 nitrogen and oxygen atoms in total. The van der Waals surface area contributed by atoms with Crippen molar-refractivity contribution in [3.8, 4) is 0 Å². The Morgan fingerprint density at radius 2 is 1.42 bits per heavy atom. The highest BCUT2D eigenvalue weighted by Crippen LogP contribution is 2.27. The van der Waals surface area contributed by atoms with E-state index < -0.39 is 5.72 Å². The predicted molar refractivity (Wildman–Crippen MR) is 79.0 cm³/mol. The minimum absolute atomic E-state index is 0.163. The monoisotopic (exact) mass is 272 g/mol. The van der Waals surface area contributed by atoms with Crippen LogP contribution in [-0.2, 0) is 9.78 Å². The predicted octanol–water partition coefficient (Wildman–Crippen LogP) is 5.14. The van der Waals surface area contributed by atoms with Crippen LogP contribution < -0.4 is 0 Å². The molecule has 0 aromatic heterocycles. The molecule has 0 fully saturated rings. The van der Waals surface area contributed by atoms with Crippen molar-refractivity contribution in [2.75, 3.05) is 0 Å². The van der Waals surface area contributed by atoms with Crippen LogP contribution in [0.2, 0.25) is 0 Å². The van der Waals surface area contributed by atoms with Crippen LogP contribution in [0.3, 0.4) is 0 Å². The summed E-state index contributed by atoms with van der Waals surface area (Å²) in [6, 6.07) is 0. The average Bonchev–Trinajstić information content (AvgIpc) is 2.23. The SMILES string of the molecule is CCC(C)(C)N=NC(C)(CC(C)C)OOC(C)(C)C. The van der Waals surface area contributed by atoms with E-state index in [1.807, 2.05) is 27.7 Å². The molecule has 0 amide bonds. The largest absolute Gasteiger partial charge is 0.228 e. The van der Waals surface area contributed by atoms with Crippen molar-refractivity contribution in [1.29, 1.82) is 0 Å². The van der Waals surface area contributed by atoms with Crippen LogP contribution in [0.15, 0.2) is 10.2 Å². The molecule has 0 saturated carbocycles. The lowest BCUT2D eigenvalue weighted by Crippen LogP contribution is -2.33. The zero-order chi connectivity index (χ0) is 15.3. The number of rotatable bonds is 7. The molecule has 0 aliphatic carbocycles. The lowest BCUT2D eigenvalue weighted by molar-refractivity contribution is -0.402. The van der Waals surface area contributed by atoms with Gasteiger partial charge in [-0.2, -0.15) is 10.2 Å². The normalized spacial score (nSPS) is 17.2. The summed E-state index contributed by atoms with van der Waals surface area (Å²) < 4.78 is 0. The van der Waals surface area contributed by atoms with Crippen LogP contribution in [-0.4, -0.2) is 16.9 Å². The maximum absolute atomic E-state index is 5.58. The lowest BCUT2D eigenvalue weighted by atomic mass is 10.0. The fourth-order valence-corrected chi connectivity index (χ4v) is 1.38. The number of azo groups is 1. The van der Waals surface area contributed by atoms with Crippen molar-refractivity contribution in [2.45, 2.75) is 92.0 Å². The van der Waals surface area contributed by atoms with Gasteiger partial charge in [0.1, 0.15) is 0 Å². The molecule has 19 heavy (non-hydrogen) atoms. The molecule has 4 heteroatoms. The molecule has 114 valence electrons. The lowest BCUT2D eigenvalue weighted by Gasteiger charge is -2.30. The minimum Gasteiger partial charge on any atom is -0.228 e. The molecule has 0 spiro atoms. The van der Waals surface area contributed by atoms with E-state index in [4.69, 9.17) is 9.78 Å². The highest BCUT2D eigenvalue weighted by Gasteiger charge is 2.31. The summed E-state index contributed by atoms with van der Waals surface area (Å²) in [5.74, 6) is 0.456. The van der Waals surface area contributed by atoms with E-state index in [9.17, 15) is 0 Å². The number of hydrogen-bond donors (Lipinski definition) is 0. The van der Waals surface area contributed by atoms with Crippen molar-refractivity contribution in [1.82, 2.24) is 0 Å². The second-order valence-corrected chi connectivity index (χ2v) is 7.42. The smallest absolute Gasteiger partial charge is 0.209 e. The first kappa shape index (κ1) is 18.5. The van der Waals surface area contributed by atoms with Gasteiger partial charge in [-0.05, 0) is 53.9 Å². The Bertz CT molecular complexity index is 293. The van der Waals surface area contributed by atoms with Gasteiger partial charge >= 0.3 is 0 Å². The van der Waals surface area contributed by atoms with Gasteiger partial charge in [0.15, 0.2) is 0 Å². The van der Waals surface area contributed by atoms with Crippen molar-refractivity contribution in [3.05, 3.63) is 0 Å². The van der Waals surface area contributed by atoms with Crippen LogP contribution in [0.1, 0.15) is 75.2 Å². The van der Waals surface area contributed by atoms with E-state index in [0.717, 1.165) is 12.8 Å². The molecule has 0 N–H and O–H groups in total. The summed E-state index contributed by atoms with van der Waals surface area (Å²) in [6.07, 6.45) is 1.71. The van der Waals surface area contributed by atoms with Gasteiger partial charge in [-0.15, -0.1) is 0 Å². The maximum Gasteiger partial charge on any atom is 0.209 e. The quantitative estimate of drug-likeness (QED) is 0.366. The highest BCUT2D eigenvalue weighted by atomic mass is 17.2. The third kappa shape index (κ3) is 9.11. The molecular weight excluding hydrogens is 240 g/mol. The second-order valence-electron chi connectivity index (χ2n) is 7.42. The van der Waals surface area contributed by atoms with Crippen molar-refractivity contribution >= 4 is 0 Å². The van der Waals surface area contributed by atoms with Crippen LogP contribution in [0, 0.1) is 5.92 Å². The summed E-state index contributed by atoms with van der Waals surface area (Å²) >= 11 is 0. The first-order chi connectivity index (χ1) is 8.39. The Morgan fingerprint density at radius 1 is 0.895 bits per heavy atom. The standard InChI is InChI=1S/C15H32N2O2/c1-10-14(7,8)16-17-15(9,11-12(2)3)19-18-13(4,5)6/h12H,10-11H2,1-9H3. The van der Waals surface area contributed by atoms with Gasteiger partial charge in [0, 0.05) is 6.42 Å². The van der Waals surface area contributed by atoms with Gasteiger partial charge in [0.2, 0.25) is 5.72 Å². The molecule has 0 heterocycles. The van der Waals surface area contributed by atoms with Gasteiger partial charge in [-0.25, -0.2) is 9.78 Å². The molecule has 0 bridgehead atoms. The van der Waals surface area contributed by atoms with Crippen molar-refractivity contribution < 1.29 is 9.78 Å². The zero-order valence-electron chi connectivity index (χ0n) is 14.2. The van der Waals surface area contributed by atoms with Crippen LogP contribution in [0.4, 0.5) is 0 Å². The highest BCUT2D eigenvalue weighted by molar-refractivity contribution is 4.77. The Hall–Kier alpha value is -0.480. The molecule has 1 unspecified atom stereocenters. The summed E-state index contributed by atoms with van der Waals surface area (Å²) in [5, 5.41) is 8.84. The van der Waals surface area contributed by atoms with Gasteiger partial charge in [0.25, 0.3) is 0 Å². The Morgan fingerprint density at radius 3 is 1.79 bits per heavy atom. The molecule has 1 atom stereocenters. The molecular formula is C15H32N2O2. The molecule has 0 saturated heterocycles. The van der Waals surface area contributed by atoms with Gasteiger partial charge in [-0.3, -0.25) is 0 Å². The zero-order valence-corrected chi connectivity index (χ0v) is 14.2. The minimum atomic E-state index is -0.728. The maximum atomic E-state index is 5.58. The Balaban J connectivity index is 4.87. The number of nitrogens with zero attached hydrogens (tertiary/aromatic N) is 2. The van der Waals surface area contributed by atoms with Gasteiger partial charge < -0.3 is 0 Å². The van der Waals surface area contributed by atoms with Crippen molar-refractivity contribution in [3.63, 3.8) is 0 Å². The van der Waals surface area contributed by atoms with E-state index in [2.05, 4.69) is 44.8 Å². The molecule has 0 aliphatic heterocycles. The molecule has 0 radical (unpaired) electrons. The third-order valence-corrected chi connectivity index (χ3v) is 2.66. The van der Waals surface area contributed by atoms with E-state index in [1.165, 1.54) is 0 Å². The van der Waals surface area contributed by atoms with Gasteiger partial charge in [-0.1, -0.05) is 20.8 Å². The fraction of sp³-hybridized carbons (Fsp3) is 1.00. The van der Waals surface area contributed by atoms with Crippen LogP contribution in [0.25, 0.3) is 0 Å². The summed E-state index contributed by atoms with van der Waals surface area (Å²) in [7, 11) is 0. The second kappa shape index (κ2) is 6.80. The van der Waals surface area contributed by atoms with Crippen LogP contribution in [0.5, 0.6) is 0 Å². The number of hydrogen-bond acceptors (Lipinski definition) is 4. The molecule has 0 aromatic carbocycles. The molecule has 0 rings (SSSR count). The molecule has 0 aromatic rings. The Kier molecular flexibility index (Phi) is 6.63. The summed E-state index contributed by atoms with van der Waals surface area (Å²) in [5.41, 5.74) is -1.24. The summed E-state index contributed by atoms with van der Waals surface area (Å²) in [6.45, 7) is 18.3. The van der Waals surface area contributed by atoms with E-state index in [1.54, 1.807) is 0 Å². The third-order valence-electron chi connectivity index (χ3n) is 2.66. The Labute approximate surface area is 118 Å².